The van der Waals surface area contributed by atoms with Crippen molar-refractivity contribution in [2.45, 2.75) is 6.61 Å². The van der Waals surface area contributed by atoms with E-state index in [2.05, 4.69) is 11.1 Å². The number of hydrogen-bond acceptors (Lipinski definition) is 3. The summed E-state index contributed by atoms with van der Waals surface area (Å²) in [5.41, 5.74) is 0.966. The highest BCUT2D eigenvalue weighted by Crippen LogP contribution is 2.25. The fraction of sp³-hybridized carbons (Fsp3) is 0.111. The monoisotopic (exact) mass is 198 g/mol. The van der Waals surface area contributed by atoms with Crippen molar-refractivity contribution >= 4 is 8.25 Å². The van der Waals surface area contributed by atoms with Gasteiger partial charge in [-0.3, -0.25) is 4.52 Å². The van der Waals surface area contributed by atoms with Crippen molar-refractivity contribution < 1.29 is 13.6 Å². The molecule has 0 fully saturated rings. The van der Waals surface area contributed by atoms with Gasteiger partial charge in [-0.2, -0.15) is 0 Å². The predicted molar refractivity (Wildman–Crippen MR) is 51.5 cm³/mol. The standard InChI is InChI=1S/C9H11O3P/c1-2-11-13(10)12-8-9-6-4-3-5-7-9/h2-7,13H,1,8H2. The van der Waals surface area contributed by atoms with Crippen LogP contribution < -0.4 is 0 Å². The molecule has 0 saturated carbocycles. The fourth-order valence-electron chi connectivity index (χ4n) is 0.819. The van der Waals surface area contributed by atoms with E-state index in [4.69, 9.17) is 4.52 Å². The lowest BCUT2D eigenvalue weighted by Crippen LogP contribution is -1.84. The van der Waals surface area contributed by atoms with Crippen LogP contribution in [0.15, 0.2) is 43.2 Å². The maximum absolute atomic E-state index is 10.9. The molecule has 3 nitrogen and oxygen atoms in total. The Morgan fingerprint density at radius 3 is 2.69 bits per heavy atom. The van der Waals surface area contributed by atoms with Crippen molar-refractivity contribution in [3.63, 3.8) is 0 Å². The molecule has 0 amide bonds. The van der Waals surface area contributed by atoms with Gasteiger partial charge in [-0.15, -0.1) is 0 Å². The maximum atomic E-state index is 10.9. The maximum Gasteiger partial charge on any atom is 0.367 e. The van der Waals surface area contributed by atoms with Crippen LogP contribution in [-0.2, 0) is 20.2 Å². The summed E-state index contributed by atoms with van der Waals surface area (Å²) in [6.45, 7) is 3.58. The van der Waals surface area contributed by atoms with Crippen molar-refractivity contribution in [3.05, 3.63) is 48.7 Å². The molecule has 0 heterocycles. The van der Waals surface area contributed by atoms with Crippen LogP contribution in [0.1, 0.15) is 5.56 Å². The summed E-state index contributed by atoms with van der Waals surface area (Å²) in [6.07, 6.45) is 1.12. The molecule has 1 atom stereocenters. The molecule has 0 radical (unpaired) electrons. The third-order valence-corrected chi connectivity index (χ3v) is 2.12. The van der Waals surface area contributed by atoms with E-state index < -0.39 is 8.25 Å². The van der Waals surface area contributed by atoms with E-state index in [9.17, 15) is 4.57 Å². The van der Waals surface area contributed by atoms with Crippen LogP contribution in [0.2, 0.25) is 0 Å². The normalized spacial score (nSPS) is 12.0. The Labute approximate surface area is 77.9 Å². The second kappa shape index (κ2) is 5.57. The van der Waals surface area contributed by atoms with Crippen LogP contribution in [0.4, 0.5) is 0 Å². The average molecular weight is 198 g/mol. The van der Waals surface area contributed by atoms with Crippen LogP contribution in [0.5, 0.6) is 0 Å². The van der Waals surface area contributed by atoms with Gasteiger partial charge < -0.3 is 4.52 Å². The van der Waals surface area contributed by atoms with Gasteiger partial charge >= 0.3 is 8.25 Å². The van der Waals surface area contributed by atoms with Crippen molar-refractivity contribution in [3.8, 4) is 0 Å². The van der Waals surface area contributed by atoms with E-state index in [1.165, 1.54) is 0 Å². The highest BCUT2D eigenvalue weighted by molar-refractivity contribution is 7.33. The second-order valence-corrected chi connectivity index (χ2v) is 3.33. The molecule has 1 unspecified atom stereocenters. The van der Waals surface area contributed by atoms with Gasteiger partial charge in [0.2, 0.25) is 0 Å². The molecular weight excluding hydrogens is 187 g/mol. The van der Waals surface area contributed by atoms with E-state index in [-0.39, 0.29) is 0 Å². The minimum absolute atomic E-state index is 0.298. The lowest BCUT2D eigenvalue weighted by atomic mass is 10.2. The number of hydrogen-bond donors (Lipinski definition) is 0. The first-order chi connectivity index (χ1) is 6.33. The van der Waals surface area contributed by atoms with Crippen LogP contribution in [-0.4, -0.2) is 0 Å². The Kier molecular flexibility index (Phi) is 4.30. The predicted octanol–water partition coefficient (Wildman–Crippen LogP) is 2.75. The molecule has 0 saturated heterocycles. The Hall–Kier alpha value is -1.05. The summed E-state index contributed by atoms with van der Waals surface area (Å²) in [5, 5.41) is 0. The molecule has 0 aliphatic rings. The van der Waals surface area contributed by atoms with E-state index in [1.54, 1.807) is 0 Å². The first kappa shape index (κ1) is 10.0. The third kappa shape index (κ3) is 3.92. The Morgan fingerprint density at radius 1 is 1.38 bits per heavy atom. The highest BCUT2D eigenvalue weighted by atomic mass is 31.1. The molecule has 0 N–H and O–H groups in total. The molecule has 1 aromatic carbocycles. The van der Waals surface area contributed by atoms with Crippen LogP contribution in [0.3, 0.4) is 0 Å². The fourth-order valence-corrected chi connectivity index (χ4v) is 1.31. The molecule has 0 spiro atoms. The van der Waals surface area contributed by atoms with Gasteiger partial charge in [0.05, 0.1) is 12.9 Å². The molecule has 0 bridgehead atoms. The van der Waals surface area contributed by atoms with Crippen molar-refractivity contribution in [1.82, 2.24) is 0 Å². The molecule has 1 rings (SSSR count). The van der Waals surface area contributed by atoms with Crippen LogP contribution in [0, 0.1) is 0 Å². The Morgan fingerprint density at radius 2 is 2.08 bits per heavy atom. The van der Waals surface area contributed by atoms with Gasteiger partial charge in [0.1, 0.15) is 0 Å². The summed E-state index contributed by atoms with van der Waals surface area (Å²) >= 11 is 0. The lowest BCUT2D eigenvalue weighted by molar-refractivity contribution is 0.263. The minimum Gasteiger partial charge on any atom is -0.435 e. The molecule has 70 valence electrons. The van der Waals surface area contributed by atoms with Crippen molar-refractivity contribution in [1.29, 1.82) is 0 Å². The van der Waals surface area contributed by atoms with E-state index in [0.717, 1.165) is 11.8 Å². The zero-order chi connectivity index (χ0) is 9.52. The molecule has 4 heteroatoms. The first-order valence-corrected chi connectivity index (χ1v) is 5.03. The molecule has 1 aromatic rings. The minimum atomic E-state index is -2.41. The van der Waals surface area contributed by atoms with Crippen molar-refractivity contribution in [2.24, 2.45) is 0 Å². The molecule has 0 aliphatic heterocycles. The first-order valence-electron chi connectivity index (χ1n) is 3.81. The summed E-state index contributed by atoms with van der Waals surface area (Å²) < 4.78 is 20.4. The molecule has 13 heavy (non-hydrogen) atoms. The van der Waals surface area contributed by atoms with Crippen LogP contribution >= 0.6 is 8.25 Å². The molecular formula is C9H11O3P. The molecule has 0 aromatic heterocycles. The van der Waals surface area contributed by atoms with Gasteiger partial charge in [0, 0.05) is 0 Å². The summed E-state index contributed by atoms with van der Waals surface area (Å²) in [5.74, 6) is 0. The zero-order valence-corrected chi connectivity index (χ0v) is 8.10. The largest absolute Gasteiger partial charge is 0.435 e. The average Bonchev–Trinajstić information content (AvgIpc) is 2.17. The van der Waals surface area contributed by atoms with Gasteiger partial charge in [0.25, 0.3) is 0 Å². The van der Waals surface area contributed by atoms with E-state index in [0.29, 0.717) is 6.61 Å². The van der Waals surface area contributed by atoms with E-state index in [1.807, 2.05) is 30.3 Å². The lowest BCUT2D eigenvalue weighted by Gasteiger charge is -2.02. The Bertz CT molecular complexity index is 284. The van der Waals surface area contributed by atoms with Crippen LogP contribution in [0.25, 0.3) is 0 Å². The SMILES string of the molecule is C=CO[PH](=O)OCc1ccccc1. The topological polar surface area (TPSA) is 35.5 Å². The van der Waals surface area contributed by atoms with Gasteiger partial charge in [0.15, 0.2) is 0 Å². The summed E-state index contributed by atoms with van der Waals surface area (Å²) in [7, 11) is -2.41. The number of rotatable bonds is 5. The van der Waals surface area contributed by atoms with Crippen molar-refractivity contribution in [2.75, 3.05) is 0 Å². The summed E-state index contributed by atoms with van der Waals surface area (Å²) in [4.78, 5) is 0. The van der Waals surface area contributed by atoms with Gasteiger partial charge in [-0.25, -0.2) is 4.57 Å². The summed E-state index contributed by atoms with van der Waals surface area (Å²) in [6, 6.07) is 9.48. The quantitative estimate of drug-likeness (QED) is 0.539. The highest BCUT2D eigenvalue weighted by Gasteiger charge is 1.97. The van der Waals surface area contributed by atoms with Gasteiger partial charge in [-0.1, -0.05) is 36.9 Å². The smallest absolute Gasteiger partial charge is 0.367 e. The van der Waals surface area contributed by atoms with Gasteiger partial charge in [-0.05, 0) is 5.56 Å². The zero-order valence-electron chi connectivity index (χ0n) is 7.10. The van der Waals surface area contributed by atoms with E-state index >= 15 is 0 Å². The molecule has 0 aliphatic carbocycles. The third-order valence-electron chi connectivity index (χ3n) is 1.38. The number of benzene rings is 1. The second-order valence-electron chi connectivity index (χ2n) is 2.31. The Balaban J connectivity index is 2.35.